The van der Waals surface area contributed by atoms with Crippen LogP contribution in [-0.4, -0.2) is 45.3 Å². The quantitative estimate of drug-likeness (QED) is 0.659. The van der Waals surface area contributed by atoms with Crippen molar-refractivity contribution >= 4 is 5.78 Å². The number of hydrogen-bond donors (Lipinski definition) is 2. The fourth-order valence-electron chi connectivity index (χ4n) is 10.5. The Hall–Kier alpha value is -0.710. The van der Waals surface area contributed by atoms with E-state index in [0.717, 1.165) is 32.2 Å². The van der Waals surface area contributed by atoms with Crippen molar-refractivity contribution in [1.82, 2.24) is 4.90 Å². The number of ketones is 1. The minimum absolute atomic E-state index is 0.00811. The van der Waals surface area contributed by atoms with Gasteiger partial charge in [-0.25, -0.2) is 0 Å². The second-order valence-corrected chi connectivity index (χ2v) is 10.7. The van der Waals surface area contributed by atoms with Crippen LogP contribution < -0.4 is 0 Å². The minimum atomic E-state index is -0.737. The average molecular weight is 327 g/mol. The van der Waals surface area contributed by atoms with Crippen molar-refractivity contribution in [3.8, 4) is 0 Å². The van der Waals surface area contributed by atoms with E-state index in [1.54, 1.807) is 0 Å². The predicted octanol–water partition coefficient (Wildman–Crippen LogP) is 1.32. The number of carbonyl (C=O) groups excluding carboxylic acids is 1. The molecule has 128 valence electrons. The van der Waals surface area contributed by atoms with Crippen LogP contribution in [0.1, 0.15) is 39.0 Å². The molecule has 9 bridgehead atoms. The zero-order chi connectivity index (χ0) is 16.4. The highest BCUT2D eigenvalue weighted by molar-refractivity contribution is 5.87. The van der Waals surface area contributed by atoms with E-state index in [1.165, 1.54) is 5.57 Å². The summed E-state index contributed by atoms with van der Waals surface area (Å²) in [5.74, 6) is 1.51. The van der Waals surface area contributed by atoms with Crippen LogP contribution >= 0.6 is 0 Å². The first-order valence-electron chi connectivity index (χ1n) is 9.66. The predicted molar refractivity (Wildman–Crippen MR) is 85.6 cm³/mol. The summed E-state index contributed by atoms with van der Waals surface area (Å²) in [6.07, 6.45) is 3.68. The van der Waals surface area contributed by atoms with Gasteiger partial charge in [0, 0.05) is 36.3 Å². The standard InChI is InChI=1S/C20H25NO3/c1-9-4-18-7-20(24)16-17(2)5-10(22)6-19(16)14(18)11(9)3-12(23)13(18)15(19)21(20)8-17/h10-11,13-16,22,24H,1,3-8H2,2H3/t10-,11+,13+,14+,15+,16+,17+,18-,19-,20+/m0/s1. The minimum Gasteiger partial charge on any atom is -0.393 e. The summed E-state index contributed by atoms with van der Waals surface area (Å²) in [5.41, 5.74) is 0.405. The molecule has 2 N–H and O–H groups in total. The first kappa shape index (κ1) is 13.5. The first-order valence-corrected chi connectivity index (χ1v) is 9.66. The third kappa shape index (κ3) is 0.926. The van der Waals surface area contributed by atoms with Crippen LogP contribution in [0.2, 0.25) is 0 Å². The summed E-state index contributed by atoms with van der Waals surface area (Å²) >= 11 is 0. The lowest BCUT2D eigenvalue weighted by Gasteiger charge is -2.60. The largest absolute Gasteiger partial charge is 0.393 e. The number of piperidine rings is 2. The maximum Gasteiger partial charge on any atom is 0.138 e. The molecule has 0 aromatic carbocycles. The van der Waals surface area contributed by atoms with E-state index in [1.807, 2.05) is 0 Å². The summed E-state index contributed by atoms with van der Waals surface area (Å²) in [6.45, 7) is 7.50. The van der Waals surface area contributed by atoms with E-state index in [0.29, 0.717) is 24.0 Å². The summed E-state index contributed by atoms with van der Waals surface area (Å²) in [6, 6.07) is 0.180. The topological polar surface area (TPSA) is 60.8 Å². The monoisotopic (exact) mass is 327 g/mol. The molecule has 3 heterocycles. The van der Waals surface area contributed by atoms with Crippen molar-refractivity contribution in [3.05, 3.63) is 12.2 Å². The van der Waals surface area contributed by atoms with Gasteiger partial charge in [-0.2, -0.15) is 0 Å². The average Bonchev–Trinajstić information content (AvgIpc) is 2.89. The van der Waals surface area contributed by atoms with E-state index in [4.69, 9.17) is 0 Å². The van der Waals surface area contributed by atoms with Crippen molar-refractivity contribution < 1.29 is 15.0 Å². The lowest BCUT2D eigenvalue weighted by atomic mass is 9.43. The number of Topliss-reactive ketones (excluding diaryl/α,β-unsaturated/α-hetero) is 1. The van der Waals surface area contributed by atoms with Crippen LogP contribution in [0.15, 0.2) is 12.2 Å². The van der Waals surface area contributed by atoms with E-state index >= 15 is 0 Å². The molecular formula is C20H25NO3. The highest BCUT2D eigenvalue weighted by atomic mass is 16.3. The van der Waals surface area contributed by atoms with Crippen molar-refractivity contribution in [2.24, 2.45) is 39.9 Å². The lowest BCUT2D eigenvalue weighted by molar-refractivity contribution is -0.211. The first-order chi connectivity index (χ1) is 11.3. The molecule has 24 heavy (non-hydrogen) atoms. The van der Waals surface area contributed by atoms with E-state index in [-0.39, 0.29) is 40.2 Å². The van der Waals surface area contributed by atoms with Gasteiger partial charge >= 0.3 is 0 Å². The number of rotatable bonds is 0. The number of aliphatic hydroxyl groups is 2. The Kier molecular flexibility index (Phi) is 1.79. The molecule has 4 nitrogen and oxygen atoms in total. The number of carbonyl (C=O) groups is 1. The molecule has 0 radical (unpaired) electrons. The molecule has 0 aromatic heterocycles. The number of hydrogen-bond acceptors (Lipinski definition) is 4. The zero-order valence-electron chi connectivity index (χ0n) is 14.2. The van der Waals surface area contributed by atoms with Gasteiger partial charge in [-0.1, -0.05) is 19.1 Å². The Morgan fingerprint density at radius 2 is 2.12 bits per heavy atom. The van der Waals surface area contributed by atoms with Crippen LogP contribution in [-0.2, 0) is 4.79 Å². The molecule has 2 spiro atoms. The Balaban J connectivity index is 1.59. The fourth-order valence-corrected chi connectivity index (χ4v) is 10.5. The molecule has 5 aliphatic carbocycles. The highest BCUT2D eigenvalue weighted by Crippen LogP contribution is 2.89. The lowest BCUT2D eigenvalue weighted by Crippen LogP contribution is -2.62. The maximum atomic E-state index is 13.1. The van der Waals surface area contributed by atoms with Gasteiger partial charge in [-0.3, -0.25) is 9.69 Å². The second-order valence-electron chi connectivity index (χ2n) is 10.7. The molecule has 8 fully saturated rings. The van der Waals surface area contributed by atoms with Crippen molar-refractivity contribution in [3.63, 3.8) is 0 Å². The van der Waals surface area contributed by atoms with Gasteiger partial charge in [0.25, 0.3) is 0 Å². The third-order valence-electron chi connectivity index (χ3n) is 9.88. The smallest absolute Gasteiger partial charge is 0.138 e. The Bertz CT molecular complexity index is 764. The second kappa shape index (κ2) is 3.19. The Morgan fingerprint density at radius 1 is 1.33 bits per heavy atom. The molecular weight excluding hydrogens is 302 g/mol. The SMILES string of the molecule is C=C1C[C@@]23C[C@@]4(O)[C@@H]5[C@]6(C)C[C@H](O)C[C@@]57[C@@H]2[C@@H]1CC(=O)[C@@H]3[C@H]7N4C6. The van der Waals surface area contributed by atoms with Gasteiger partial charge in [0.1, 0.15) is 11.5 Å². The molecule has 0 amide bonds. The zero-order valence-corrected chi connectivity index (χ0v) is 14.2. The number of nitrogens with zero attached hydrogens (tertiary/aromatic N) is 1. The van der Waals surface area contributed by atoms with Crippen LogP contribution in [0.3, 0.4) is 0 Å². The van der Waals surface area contributed by atoms with Crippen molar-refractivity contribution in [2.45, 2.75) is 56.9 Å². The molecule has 1 unspecified atom stereocenters. The normalized spacial score (nSPS) is 73.0. The Morgan fingerprint density at radius 3 is 2.92 bits per heavy atom. The molecule has 8 aliphatic rings. The summed E-state index contributed by atoms with van der Waals surface area (Å²) in [4.78, 5) is 15.5. The highest BCUT2D eigenvalue weighted by Gasteiger charge is 2.93. The molecule has 5 saturated carbocycles. The molecule has 3 saturated heterocycles. The van der Waals surface area contributed by atoms with Gasteiger partial charge in [0.2, 0.25) is 0 Å². The molecule has 0 aromatic rings. The van der Waals surface area contributed by atoms with Gasteiger partial charge < -0.3 is 10.2 Å². The van der Waals surface area contributed by atoms with Gasteiger partial charge in [-0.05, 0) is 48.3 Å². The van der Waals surface area contributed by atoms with E-state index in [9.17, 15) is 15.0 Å². The molecule has 8 rings (SSSR count). The number of aliphatic hydroxyl groups excluding tert-OH is 1. The molecule has 11 atom stereocenters. The third-order valence-corrected chi connectivity index (χ3v) is 9.88. The van der Waals surface area contributed by atoms with Crippen LogP contribution in [0.4, 0.5) is 0 Å². The van der Waals surface area contributed by atoms with E-state index in [2.05, 4.69) is 18.4 Å². The maximum absolute atomic E-state index is 13.1. The summed E-state index contributed by atoms with van der Waals surface area (Å²) in [5, 5.41) is 22.6. The fraction of sp³-hybridized carbons (Fsp3) is 0.850. The van der Waals surface area contributed by atoms with Gasteiger partial charge in [0.05, 0.1) is 6.10 Å². The van der Waals surface area contributed by atoms with Crippen LogP contribution in [0.5, 0.6) is 0 Å². The summed E-state index contributed by atoms with van der Waals surface area (Å²) < 4.78 is 0. The van der Waals surface area contributed by atoms with E-state index < -0.39 is 5.72 Å². The molecule has 4 heteroatoms. The Labute approximate surface area is 141 Å². The van der Waals surface area contributed by atoms with Crippen LogP contribution in [0.25, 0.3) is 0 Å². The van der Waals surface area contributed by atoms with Crippen molar-refractivity contribution in [2.75, 3.05) is 6.54 Å². The van der Waals surface area contributed by atoms with Gasteiger partial charge in [-0.15, -0.1) is 0 Å². The van der Waals surface area contributed by atoms with Crippen molar-refractivity contribution in [1.29, 1.82) is 0 Å². The van der Waals surface area contributed by atoms with Crippen LogP contribution in [0, 0.1) is 39.9 Å². The molecule has 3 aliphatic heterocycles. The number of allylic oxidation sites excluding steroid dienone is 1. The van der Waals surface area contributed by atoms with Gasteiger partial charge in [0.15, 0.2) is 0 Å². The summed E-state index contributed by atoms with van der Waals surface area (Å²) in [7, 11) is 0.